The third-order valence-corrected chi connectivity index (χ3v) is 2.58. The van der Waals surface area contributed by atoms with Gasteiger partial charge < -0.3 is 26.1 Å². The number of hydrogen-bond donors (Lipinski definition) is 4. The number of oxime groups is 1. The summed E-state index contributed by atoms with van der Waals surface area (Å²) in [4.78, 5) is 13.6. The van der Waals surface area contributed by atoms with E-state index in [1.54, 1.807) is 13.8 Å². The van der Waals surface area contributed by atoms with Crippen molar-refractivity contribution in [1.29, 1.82) is 0 Å². The summed E-state index contributed by atoms with van der Waals surface area (Å²) in [6, 6.07) is 3.76. The van der Waals surface area contributed by atoms with E-state index < -0.39 is 5.91 Å². The molecule has 19 heavy (non-hydrogen) atoms. The lowest BCUT2D eigenvalue weighted by atomic mass is 10.1. The average Bonchev–Trinajstić information content (AvgIpc) is 2.34. The fraction of sp³-hybridized carbons (Fsp3) is 0.333. The molecular formula is C12H17N3O4. The van der Waals surface area contributed by atoms with Gasteiger partial charge in [0.15, 0.2) is 5.84 Å². The van der Waals surface area contributed by atoms with Crippen LogP contribution in [0.2, 0.25) is 0 Å². The molecule has 0 heterocycles. The molecule has 0 saturated carbocycles. The lowest BCUT2D eigenvalue weighted by Crippen LogP contribution is -2.42. The van der Waals surface area contributed by atoms with Crippen molar-refractivity contribution >= 4 is 11.7 Å². The van der Waals surface area contributed by atoms with Crippen molar-refractivity contribution in [2.45, 2.75) is 19.9 Å². The summed E-state index contributed by atoms with van der Waals surface area (Å²) in [6.07, 6.45) is 0. The third kappa shape index (κ3) is 3.27. The second-order valence-electron chi connectivity index (χ2n) is 4.29. The van der Waals surface area contributed by atoms with Crippen molar-refractivity contribution in [3.8, 4) is 11.5 Å². The Hall–Kier alpha value is -2.44. The van der Waals surface area contributed by atoms with E-state index in [0.717, 1.165) is 0 Å². The minimum atomic E-state index is -0.600. The number of phenols is 2. The van der Waals surface area contributed by atoms with E-state index in [9.17, 15) is 15.0 Å². The monoisotopic (exact) mass is 267 g/mol. The average molecular weight is 267 g/mol. The number of nitrogens with two attached hydrogens (primary N) is 1. The van der Waals surface area contributed by atoms with Crippen LogP contribution in [0.4, 0.5) is 0 Å². The zero-order chi connectivity index (χ0) is 14.6. The Balaban J connectivity index is 3.13. The van der Waals surface area contributed by atoms with E-state index in [4.69, 9.17) is 10.9 Å². The van der Waals surface area contributed by atoms with Gasteiger partial charge in [-0.3, -0.25) is 4.79 Å². The molecule has 0 fully saturated rings. The van der Waals surface area contributed by atoms with Gasteiger partial charge in [-0.25, -0.2) is 0 Å². The summed E-state index contributed by atoms with van der Waals surface area (Å²) >= 11 is 0. The van der Waals surface area contributed by atoms with E-state index in [1.165, 1.54) is 23.1 Å². The summed E-state index contributed by atoms with van der Waals surface area (Å²) in [5, 5.41) is 30.7. The van der Waals surface area contributed by atoms with Gasteiger partial charge in [0.2, 0.25) is 0 Å². The standard InChI is InChI=1S/C12H17N3O4/c1-7(2)15(6-10(13)14-19)12(18)11-8(16)4-3-5-9(11)17/h3-5,7,16-17,19H,6H2,1-2H3,(H2,13,14). The molecule has 0 saturated heterocycles. The van der Waals surface area contributed by atoms with E-state index in [-0.39, 0.29) is 35.5 Å². The number of aromatic hydroxyl groups is 2. The predicted octanol–water partition coefficient (Wildman–Crippen LogP) is 0.695. The highest BCUT2D eigenvalue weighted by Gasteiger charge is 2.25. The molecular weight excluding hydrogens is 250 g/mol. The molecule has 1 aromatic carbocycles. The SMILES string of the molecule is CC(C)N(C/C(N)=N/O)C(=O)c1c(O)cccc1O. The molecule has 0 aliphatic rings. The number of carbonyl (C=O) groups excluding carboxylic acids is 1. The van der Waals surface area contributed by atoms with Crippen LogP contribution in [-0.2, 0) is 0 Å². The van der Waals surface area contributed by atoms with Crippen LogP contribution in [0.1, 0.15) is 24.2 Å². The van der Waals surface area contributed by atoms with Gasteiger partial charge in [-0.1, -0.05) is 11.2 Å². The van der Waals surface area contributed by atoms with E-state index in [2.05, 4.69) is 5.16 Å². The zero-order valence-electron chi connectivity index (χ0n) is 10.7. The van der Waals surface area contributed by atoms with Gasteiger partial charge >= 0.3 is 0 Å². The Morgan fingerprint density at radius 1 is 1.37 bits per heavy atom. The molecule has 0 aliphatic heterocycles. The predicted molar refractivity (Wildman–Crippen MR) is 69.4 cm³/mol. The fourth-order valence-corrected chi connectivity index (χ4v) is 1.59. The fourth-order valence-electron chi connectivity index (χ4n) is 1.59. The van der Waals surface area contributed by atoms with Gasteiger partial charge in [-0.05, 0) is 26.0 Å². The largest absolute Gasteiger partial charge is 0.507 e. The summed E-state index contributed by atoms with van der Waals surface area (Å²) < 4.78 is 0. The molecule has 0 radical (unpaired) electrons. The number of carbonyl (C=O) groups is 1. The second-order valence-corrected chi connectivity index (χ2v) is 4.29. The zero-order valence-corrected chi connectivity index (χ0v) is 10.7. The van der Waals surface area contributed by atoms with E-state index >= 15 is 0 Å². The summed E-state index contributed by atoms with van der Waals surface area (Å²) in [5.41, 5.74) is 5.18. The maximum atomic E-state index is 12.3. The van der Waals surface area contributed by atoms with Gasteiger partial charge in [0.25, 0.3) is 5.91 Å². The molecule has 5 N–H and O–H groups in total. The van der Waals surface area contributed by atoms with Gasteiger partial charge in [0, 0.05) is 6.04 Å². The molecule has 1 amide bonds. The summed E-state index contributed by atoms with van der Waals surface area (Å²) in [6.45, 7) is 3.36. The van der Waals surface area contributed by atoms with Crippen LogP contribution < -0.4 is 5.73 Å². The number of hydrogen-bond acceptors (Lipinski definition) is 5. The van der Waals surface area contributed by atoms with Gasteiger partial charge in [0.1, 0.15) is 17.1 Å². The van der Waals surface area contributed by atoms with Crippen LogP contribution in [0.15, 0.2) is 23.4 Å². The molecule has 0 unspecified atom stereocenters. The van der Waals surface area contributed by atoms with Crippen LogP contribution >= 0.6 is 0 Å². The molecule has 7 nitrogen and oxygen atoms in total. The smallest absolute Gasteiger partial charge is 0.262 e. The minimum Gasteiger partial charge on any atom is -0.507 e. The third-order valence-electron chi connectivity index (χ3n) is 2.58. The highest BCUT2D eigenvalue weighted by atomic mass is 16.4. The van der Waals surface area contributed by atoms with Crippen molar-refractivity contribution < 1.29 is 20.2 Å². The quantitative estimate of drug-likeness (QED) is 0.277. The molecule has 104 valence electrons. The number of phenolic OH excluding ortho intramolecular Hbond substituents is 2. The molecule has 0 aliphatic carbocycles. The lowest BCUT2D eigenvalue weighted by molar-refractivity contribution is 0.0728. The molecule has 7 heteroatoms. The first-order valence-corrected chi connectivity index (χ1v) is 5.66. The Bertz CT molecular complexity index is 479. The number of benzene rings is 1. The number of amides is 1. The van der Waals surface area contributed by atoms with Crippen LogP contribution in [0.5, 0.6) is 11.5 Å². The van der Waals surface area contributed by atoms with E-state index in [0.29, 0.717) is 0 Å². The van der Waals surface area contributed by atoms with Crippen LogP contribution in [0.3, 0.4) is 0 Å². The van der Waals surface area contributed by atoms with Gasteiger partial charge in [0.05, 0.1) is 6.54 Å². The molecule has 0 spiro atoms. The Labute approximate surface area is 110 Å². The first kappa shape index (κ1) is 14.6. The highest BCUT2D eigenvalue weighted by molar-refractivity contribution is 6.01. The normalized spacial score (nSPS) is 11.6. The van der Waals surface area contributed by atoms with Crippen LogP contribution in [0, 0.1) is 0 Å². The van der Waals surface area contributed by atoms with Crippen LogP contribution in [0.25, 0.3) is 0 Å². The number of amidine groups is 1. The summed E-state index contributed by atoms with van der Waals surface area (Å²) in [7, 11) is 0. The maximum Gasteiger partial charge on any atom is 0.262 e. The first-order chi connectivity index (χ1) is 8.88. The van der Waals surface area contributed by atoms with Crippen molar-refractivity contribution in [1.82, 2.24) is 4.90 Å². The second kappa shape index (κ2) is 5.94. The Kier molecular flexibility index (Phi) is 4.57. The number of rotatable bonds is 4. The Morgan fingerprint density at radius 2 is 1.89 bits per heavy atom. The molecule has 1 aromatic rings. The number of nitrogens with zero attached hydrogens (tertiary/aromatic N) is 2. The maximum absolute atomic E-state index is 12.3. The van der Waals surface area contributed by atoms with E-state index in [1.807, 2.05) is 0 Å². The van der Waals surface area contributed by atoms with Gasteiger partial charge in [-0.15, -0.1) is 0 Å². The lowest BCUT2D eigenvalue weighted by Gasteiger charge is -2.26. The highest BCUT2D eigenvalue weighted by Crippen LogP contribution is 2.28. The van der Waals surface area contributed by atoms with Crippen molar-refractivity contribution in [2.24, 2.45) is 10.9 Å². The Morgan fingerprint density at radius 3 is 2.32 bits per heavy atom. The van der Waals surface area contributed by atoms with Gasteiger partial charge in [-0.2, -0.15) is 0 Å². The molecule has 1 rings (SSSR count). The van der Waals surface area contributed by atoms with Crippen molar-refractivity contribution in [3.63, 3.8) is 0 Å². The summed E-state index contributed by atoms with van der Waals surface area (Å²) in [5.74, 6) is -1.39. The molecule has 0 aromatic heterocycles. The minimum absolute atomic E-state index is 0.110. The van der Waals surface area contributed by atoms with Crippen LogP contribution in [-0.4, -0.2) is 44.6 Å². The van der Waals surface area contributed by atoms with Crippen molar-refractivity contribution in [3.05, 3.63) is 23.8 Å². The first-order valence-electron chi connectivity index (χ1n) is 5.66. The topological polar surface area (TPSA) is 119 Å². The molecule has 0 bridgehead atoms. The molecule has 0 atom stereocenters. The van der Waals surface area contributed by atoms with Crippen molar-refractivity contribution in [2.75, 3.05) is 6.54 Å².